The zero-order valence-corrected chi connectivity index (χ0v) is 17.5. The maximum Gasteiger partial charge on any atom is 0.243 e. The van der Waals surface area contributed by atoms with Gasteiger partial charge in [-0.1, -0.05) is 25.4 Å². The minimum absolute atomic E-state index is 0.256. The minimum atomic E-state index is -3.48. The number of aromatic nitrogens is 2. The molecule has 1 N–H and O–H groups in total. The number of sulfonamides is 1. The van der Waals surface area contributed by atoms with E-state index in [1.54, 1.807) is 48.5 Å². The van der Waals surface area contributed by atoms with Crippen LogP contribution in [0.3, 0.4) is 0 Å². The van der Waals surface area contributed by atoms with E-state index in [-0.39, 0.29) is 4.90 Å². The molecule has 2 heterocycles. The fourth-order valence-corrected chi connectivity index (χ4v) is 4.18. The Balaban J connectivity index is 1.70. The van der Waals surface area contributed by atoms with Gasteiger partial charge < -0.3 is 4.42 Å². The first-order valence-electron chi connectivity index (χ1n) is 8.92. The summed E-state index contributed by atoms with van der Waals surface area (Å²) in [5.74, 6) is 1.57. The molecule has 0 aliphatic rings. The quantitative estimate of drug-likeness (QED) is 0.427. The van der Waals surface area contributed by atoms with E-state index in [2.05, 4.69) is 20.7 Å². The summed E-state index contributed by atoms with van der Waals surface area (Å²) in [6.07, 6.45) is 1.50. The molecule has 10 heteroatoms. The highest BCUT2D eigenvalue weighted by Gasteiger charge is 2.21. The van der Waals surface area contributed by atoms with E-state index >= 15 is 0 Å². The van der Waals surface area contributed by atoms with Gasteiger partial charge in [0.25, 0.3) is 0 Å². The van der Waals surface area contributed by atoms with Crippen LogP contribution in [0.25, 0.3) is 11.3 Å². The molecule has 0 amide bonds. The molecule has 152 valence electrons. The molecule has 0 aliphatic carbocycles. The summed E-state index contributed by atoms with van der Waals surface area (Å²) in [5, 5.41) is 11.9. The van der Waals surface area contributed by atoms with E-state index in [0.29, 0.717) is 35.6 Å². The molecule has 8 nitrogen and oxygen atoms in total. The molecule has 0 saturated carbocycles. The first kappa shape index (κ1) is 21.0. The van der Waals surface area contributed by atoms with E-state index in [9.17, 15) is 8.42 Å². The van der Waals surface area contributed by atoms with Crippen molar-refractivity contribution in [3.8, 4) is 11.3 Å². The van der Waals surface area contributed by atoms with Crippen LogP contribution >= 0.6 is 11.6 Å². The summed E-state index contributed by atoms with van der Waals surface area (Å²) in [4.78, 5) is 0.256. The Hall–Kier alpha value is -2.75. The van der Waals surface area contributed by atoms with Crippen LogP contribution in [0.5, 0.6) is 0 Å². The van der Waals surface area contributed by atoms with Crippen molar-refractivity contribution in [1.82, 2.24) is 14.5 Å². The molecular weight excluding hydrogens is 414 g/mol. The van der Waals surface area contributed by atoms with Crippen LogP contribution in [0.4, 0.5) is 5.82 Å². The largest absolute Gasteiger partial charge is 0.455 e. The van der Waals surface area contributed by atoms with Gasteiger partial charge in [-0.2, -0.15) is 9.41 Å². The highest BCUT2D eigenvalue weighted by atomic mass is 35.5. The van der Waals surface area contributed by atoms with Gasteiger partial charge in [-0.25, -0.2) is 8.42 Å². The highest BCUT2D eigenvalue weighted by Crippen LogP contribution is 2.24. The lowest BCUT2D eigenvalue weighted by molar-refractivity contribution is 0.445. The Morgan fingerprint density at radius 3 is 2.41 bits per heavy atom. The standard InChI is InChI=1S/C19H20ClN5O3S/c1-3-25(4-2)29(26,27)16-8-5-14(6-9-16)17-10-7-15(28-17)13-21-23-19-12-11-18(20)22-24-19/h5-13H,3-4H2,1-2H3,(H,23,24)/b21-13+. The summed E-state index contributed by atoms with van der Waals surface area (Å²) in [5.41, 5.74) is 3.48. The number of hydrogen-bond donors (Lipinski definition) is 1. The van der Waals surface area contributed by atoms with E-state index in [1.807, 2.05) is 13.8 Å². The molecule has 0 fully saturated rings. The molecule has 0 radical (unpaired) electrons. The SMILES string of the molecule is CCN(CC)S(=O)(=O)c1ccc(-c2ccc(/C=N/Nc3ccc(Cl)nn3)o2)cc1. The second-order valence-corrected chi connectivity index (χ2v) is 8.25. The Bertz CT molecular complexity index is 1080. The predicted octanol–water partition coefficient (Wildman–Crippen LogP) is 3.87. The summed E-state index contributed by atoms with van der Waals surface area (Å²) in [7, 11) is -3.48. The third-order valence-corrected chi connectivity index (χ3v) is 6.38. The number of nitrogens with one attached hydrogen (secondary N) is 1. The Kier molecular flexibility index (Phi) is 6.63. The molecule has 0 unspecified atom stereocenters. The van der Waals surface area contributed by atoms with Crippen LogP contribution in [-0.4, -0.2) is 42.2 Å². The molecule has 0 spiro atoms. The van der Waals surface area contributed by atoms with Crippen molar-refractivity contribution in [2.24, 2.45) is 5.10 Å². The van der Waals surface area contributed by atoms with Crippen LogP contribution in [0.15, 0.2) is 62.9 Å². The zero-order chi connectivity index (χ0) is 20.9. The van der Waals surface area contributed by atoms with E-state index in [1.165, 1.54) is 10.5 Å². The van der Waals surface area contributed by atoms with Crippen LogP contribution in [0.2, 0.25) is 5.15 Å². The smallest absolute Gasteiger partial charge is 0.243 e. The number of hydrogen-bond acceptors (Lipinski definition) is 7. The maximum atomic E-state index is 12.6. The van der Waals surface area contributed by atoms with Crippen molar-refractivity contribution < 1.29 is 12.8 Å². The summed E-state index contributed by atoms with van der Waals surface area (Å²) < 4.78 is 32.3. The van der Waals surface area contributed by atoms with Crippen molar-refractivity contribution in [2.45, 2.75) is 18.7 Å². The van der Waals surface area contributed by atoms with Crippen molar-refractivity contribution in [3.05, 3.63) is 59.4 Å². The first-order chi connectivity index (χ1) is 13.9. The first-order valence-corrected chi connectivity index (χ1v) is 10.7. The lowest BCUT2D eigenvalue weighted by atomic mass is 10.2. The Labute approximate surface area is 174 Å². The van der Waals surface area contributed by atoms with Crippen LogP contribution in [0.1, 0.15) is 19.6 Å². The molecule has 3 aromatic rings. The van der Waals surface area contributed by atoms with Crippen LogP contribution in [-0.2, 0) is 10.0 Å². The second-order valence-electron chi connectivity index (χ2n) is 5.93. The predicted molar refractivity (Wildman–Crippen MR) is 113 cm³/mol. The van der Waals surface area contributed by atoms with Crippen molar-refractivity contribution in [1.29, 1.82) is 0 Å². The number of hydrazone groups is 1. The van der Waals surface area contributed by atoms with Crippen molar-refractivity contribution in [2.75, 3.05) is 18.5 Å². The Morgan fingerprint density at radius 1 is 1.07 bits per heavy atom. The normalized spacial score (nSPS) is 12.0. The third-order valence-electron chi connectivity index (χ3n) is 4.11. The summed E-state index contributed by atoms with van der Waals surface area (Å²) in [6.45, 7) is 4.49. The molecule has 29 heavy (non-hydrogen) atoms. The van der Waals surface area contributed by atoms with Crippen molar-refractivity contribution in [3.63, 3.8) is 0 Å². The van der Waals surface area contributed by atoms with E-state index in [4.69, 9.17) is 16.0 Å². The van der Waals surface area contributed by atoms with Gasteiger partial charge in [0.2, 0.25) is 10.0 Å². The number of benzene rings is 1. The molecule has 0 aliphatic heterocycles. The molecule has 2 aromatic heterocycles. The van der Waals surface area contributed by atoms with Crippen molar-refractivity contribution >= 4 is 33.7 Å². The van der Waals surface area contributed by atoms with Crippen LogP contribution < -0.4 is 5.43 Å². The lowest BCUT2D eigenvalue weighted by Gasteiger charge is -2.18. The lowest BCUT2D eigenvalue weighted by Crippen LogP contribution is -2.30. The van der Waals surface area contributed by atoms with Gasteiger partial charge in [0.15, 0.2) is 11.0 Å². The number of furan rings is 1. The van der Waals surface area contributed by atoms with Gasteiger partial charge in [-0.15, -0.1) is 10.2 Å². The van der Waals surface area contributed by atoms with Gasteiger partial charge in [-0.3, -0.25) is 5.43 Å². The summed E-state index contributed by atoms with van der Waals surface area (Å²) in [6, 6.07) is 13.4. The van der Waals surface area contributed by atoms with E-state index in [0.717, 1.165) is 5.56 Å². The van der Waals surface area contributed by atoms with Gasteiger partial charge in [0, 0.05) is 18.7 Å². The average Bonchev–Trinajstić information content (AvgIpc) is 3.19. The number of rotatable bonds is 8. The fraction of sp³-hybridized carbons (Fsp3) is 0.211. The van der Waals surface area contributed by atoms with Gasteiger partial charge in [-0.05, 0) is 48.5 Å². The fourth-order valence-electron chi connectivity index (χ4n) is 2.62. The maximum absolute atomic E-state index is 12.6. The number of halogens is 1. The van der Waals surface area contributed by atoms with E-state index < -0.39 is 10.0 Å². The molecule has 0 atom stereocenters. The molecule has 3 rings (SSSR count). The van der Waals surface area contributed by atoms with Gasteiger partial charge in [0.1, 0.15) is 11.5 Å². The molecule has 0 saturated heterocycles. The summed E-state index contributed by atoms with van der Waals surface area (Å²) >= 11 is 5.68. The minimum Gasteiger partial charge on any atom is -0.455 e. The third kappa shape index (κ3) is 5.00. The van der Waals surface area contributed by atoms with Gasteiger partial charge >= 0.3 is 0 Å². The number of anilines is 1. The van der Waals surface area contributed by atoms with Crippen LogP contribution in [0, 0.1) is 0 Å². The number of nitrogens with zero attached hydrogens (tertiary/aromatic N) is 4. The topological polar surface area (TPSA) is 101 Å². The molecule has 0 bridgehead atoms. The zero-order valence-electron chi connectivity index (χ0n) is 15.9. The molecular formula is C19H20ClN5O3S. The molecule has 1 aromatic carbocycles. The highest BCUT2D eigenvalue weighted by molar-refractivity contribution is 7.89. The second kappa shape index (κ2) is 9.17. The van der Waals surface area contributed by atoms with Gasteiger partial charge in [0.05, 0.1) is 11.1 Å². The monoisotopic (exact) mass is 433 g/mol. The average molecular weight is 434 g/mol. The Morgan fingerprint density at radius 2 is 1.79 bits per heavy atom.